The Bertz CT molecular complexity index is 739. The molecule has 1 atom stereocenters. The molecule has 0 fully saturated rings. The first kappa shape index (κ1) is 15.6. The smallest absolute Gasteiger partial charge is 0.180 e. The molecule has 2 heteroatoms. The summed E-state index contributed by atoms with van der Waals surface area (Å²) < 4.78 is 0. The molecule has 3 aromatic carbocycles. The van der Waals surface area contributed by atoms with E-state index in [-0.39, 0.29) is 11.0 Å². The van der Waals surface area contributed by atoms with Crippen molar-refractivity contribution >= 4 is 17.5 Å². The molecule has 0 unspecified atom stereocenters. The Hall–Kier alpha value is -2.32. The summed E-state index contributed by atoms with van der Waals surface area (Å²) in [5.74, 6) is 0.983. The van der Waals surface area contributed by atoms with Gasteiger partial charge in [-0.2, -0.15) is 0 Å². The zero-order valence-corrected chi connectivity index (χ0v) is 13.6. The van der Waals surface area contributed by atoms with Gasteiger partial charge in [0.2, 0.25) is 0 Å². The minimum Gasteiger partial charge on any atom is -0.293 e. The van der Waals surface area contributed by atoms with Crippen molar-refractivity contribution in [1.82, 2.24) is 0 Å². The number of thioether (sulfide) groups is 1. The van der Waals surface area contributed by atoms with Gasteiger partial charge >= 0.3 is 0 Å². The second-order valence-electron chi connectivity index (χ2n) is 5.32. The van der Waals surface area contributed by atoms with Crippen molar-refractivity contribution in [2.45, 2.75) is 11.0 Å². The number of hydrogen-bond donors (Lipinski definition) is 0. The number of carbonyl (C=O) groups excluding carboxylic acids is 1. The predicted molar refractivity (Wildman–Crippen MR) is 97.7 cm³/mol. The van der Waals surface area contributed by atoms with E-state index in [1.54, 1.807) is 11.8 Å². The van der Waals surface area contributed by atoms with Gasteiger partial charge in [0.1, 0.15) is 0 Å². The molecule has 3 aromatic rings. The molecule has 114 valence electrons. The van der Waals surface area contributed by atoms with Crippen LogP contribution < -0.4 is 0 Å². The van der Waals surface area contributed by atoms with Gasteiger partial charge in [-0.3, -0.25) is 4.79 Å². The van der Waals surface area contributed by atoms with Crippen LogP contribution >= 0.6 is 11.8 Å². The summed E-state index contributed by atoms with van der Waals surface area (Å²) in [5, 5.41) is -0.182. The van der Waals surface area contributed by atoms with Gasteiger partial charge in [0.25, 0.3) is 0 Å². The van der Waals surface area contributed by atoms with Gasteiger partial charge in [-0.1, -0.05) is 91.0 Å². The third-order valence-corrected chi connectivity index (χ3v) is 4.98. The standard InChI is InChI=1S/C21H18OS/c22-20(18-12-6-2-7-13-18)21(19-14-8-3-9-15-19)23-16-17-10-4-1-5-11-17/h1-15,21H,16H2/t21-/m1/s1. The minimum atomic E-state index is -0.182. The van der Waals surface area contributed by atoms with Crippen LogP contribution in [0.15, 0.2) is 91.0 Å². The molecule has 3 rings (SSSR count). The van der Waals surface area contributed by atoms with Crippen LogP contribution in [0.25, 0.3) is 0 Å². The molecule has 0 spiro atoms. The molecule has 0 N–H and O–H groups in total. The summed E-state index contributed by atoms with van der Waals surface area (Å²) in [6, 6.07) is 29.8. The molecule has 1 nitrogen and oxygen atoms in total. The third-order valence-electron chi connectivity index (χ3n) is 3.66. The number of ketones is 1. The molecule has 23 heavy (non-hydrogen) atoms. The molecule has 0 aliphatic heterocycles. The van der Waals surface area contributed by atoms with E-state index in [0.717, 1.165) is 16.9 Å². The molecule has 0 amide bonds. The maximum Gasteiger partial charge on any atom is 0.180 e. The Morgan fingerprint density at radius 3 is 1.87 bits per heavy atom. The summed E-state index contributed by atoms with van der Waals surface area (Å²) in [4.78, 5) is 12.9. The van der Waals surface area contributed by atoms with Gasteiger partial charge in [0.05, 0.1) is 5.25 Å². The lowest BCUT2D eigenvalue weighted by atomic mass is 10.0. The second-order valence-corrected chi connectivity index (χ2v) is 6.41. The minimum absolute atomic E-state index is 0.165. The summed E-state index contributed by atoms with van der Waals surface area (Å²) in [5.41, 5.74) is 3.06. The van der Waals surface area contributed by atoms with Gasteiger partial charge in [-0.15, -0.1) is 11.8 Å². The number of hydrogen-bond acceptors (Lipinski definition) is 2. The van der Waals surface area contributed by atoms with Crippen molar-refractivity contribution in [3.63, 3.8) is 0 Å². The Kier molecular flexibility index (Phi) is 5.28. The molecule has 0 heterocycles. The van der Waals surface area contributed by atoms with Gasteiger partial charge < -0.3 is 0 Å². The van der Waals surface area contributed by atoms with Gasteiger partial charge in [0.15, 0.2) is 5.78 Å². The highest BCUT2D eigenvalue weighted by Crippen LogP contribution is 2.34. The largest absolute Gasteiger partial charge is 0.293 e. The lowest BCUT2D eigenvalue weighted by molar-refractivity contribution is 0.0989. The van der Waals surface area contributed by atoms with Gasteiger partial charge in [-0.25, -0.2) is 0 Å². The zero-order valence-electron chi connectivity index (χ0n) is 12.8. The Labute approximate surface area is 141 Å². The Balaban J connectivity index is 1.84. The molecule has 0 aromatic heterocycles. The van der Waals surface area contributed by atoms with E-state index in [1.807, 2.05) is 78.9 Å². The fraction of sp³-hybridized carbons (Fsp3) is 0.0952. The van der Waals surface area contributed by atoms with Gasteiger partial charge in [0, 0.05) is 11.3 Å². The number of benzene rings is 3. The van der Waals surface area contributed by atoms with Crippen LogP contribution in [0.5, 0.6) is 0 Å². The second kappa shape index (κ2) is 7.80. The maximum absolute atomic E-state index is 12.9. The van der Waals surface area contributed by atoms with Crippen molar-refractivity contribution in [2.24, 2.45) is 0 Å². The van der Waals surface area contributed by atoms with Crippen LogP contribution in [-0.2, 0) is 5.75 Å². The van der Waals surface area contributed by atoms with E-state index >= 15 is 0 Å². The first-order chi connectivity index (χ1) is 11.3. The van der Waals surface area contributed by atoms with E-state index in [2.05, 4.69) is 12.1 Å². The van der Waals surface area contributed by atoms with Crippen molar-refractivity contribution in [3.8, 4) is 0 Å². The molecule has 0 saturated heterocycles. The fourth-order valence-corrected chi connectivity index (χ4v) is 3.65. The lowest BCUT2D eigenvalue weighted by Gasteiger charge is -2.16. The highest BCUT2D eigenvalue weighted by molar-refractivity contribution is 7.99. The predicted octanol–water partition coefficient (Wildman–Crippen LogP) is 5.54. The topological polar surface area (TPSA) is 17.1 Å². The van der Waals surface area contributed by atoms with E-state index in [4.69, 9.17) is 0 Å². The average molecular weight is 318 g/mol. The maximum atomic E-state index is 12.9. The van der Waals surface area contributed by atoms with Crippen LogP contribution in [0.4, 0.5) is 0 Å². The summed E-state index contributed by atoms with van der Waals surface area (Å²) >= 11 is 1.68. The van der Waals surface area contributed by atoms with Crippen LogP contribution in [0.1, 0.15) is 26.7 Å². The Morgan fingerprint density at radius 2 is 1.26 bits per heavy atom. The zero-order chi connectivity index (χ0) is 15.9. The van der Waals surface area contributed by atoms with E-state index in [9.17, 15) is 4.79 Å². The van der Waals surface area contributed by atoms with Crippen molar-refractivity contribution < 1.29 is 4.79 Å². The molecule has 0 radical (unpaired) electrons. The lowest BCUT2D eigenvalue weighted by Crippen LogP contribution is -2.10. The fourth-order valence-electron chi connectivity index (χ4n) is 2.46. The van der Waals surface area contributed by atoms with Gasteiger partial charge in [-0.05, 0) is 11.1 Å². The van der Waals surface area contributed by atoms with Crippen LogP contribution in [0.3, 0.4) is 0 Å². The molecule has 0 saturated carbocycles. The monoisotopic (exact) mass is 318 g/mol. The van der Waals surface area contributed by atoms with Crippen molar-refractivity contribution in [2.75, 3.05) is 0 Å². The normalized spacial score (nSPS) is 11.8. The van der Waals surface area contributed by atoms with Crippen molar-refractivity contribution in [3.05, 3.63) is 108 Å². The van der Waals surface area contributed by atoms with E-state index in [1.165, 1.54) is 5.56 Å². The SMILES string of the molecule is O=C(c1ccccc1)[C@H](SCc1ccccc1)c1ccccc1. The number of rotatable bonds is 6. The third kappa shape index (κ3) is 4.11. The number of Topliss-reactive ketones (excluding diaryl/α,β-unsaturated/α-hetero) is 1. The average Bonchev–Trinajstić information content (AvgIpc) is 2.64. The quantitative estimate of drug-likeness (QED) is 0.555. The summed E-state index contributed by atoms with van der Waals surface area (Å²) in [6.45, 7) is 0. The summed E-state index contributed by atoms with van der Waals surface area (Å²) in [6.07, 6.45) is 0. The molecule has 0 aliphatic carbocycles. The molecule has 0 aliphatic rings. The van der Waals surface area contributed by atoms with E-state index in [0.29, 0.717) is 0 Å². The first-order valence-corrected chi connectivity index (χ1v) is 8.69. The molecular weight excluding hydrogens is 300 g/mol. The molecule has 0 bridgehead atoms. The van der Waals surface area contributed by atoms with Crippen molar-refractivity contribution in [1.29, 1.82) is 0 Å². The van der Waals surface area contributed by atoms with E-state index < -0.39 is 0 Å². The Morgan fingerprint density at radius 1 is 0.739 bits per heavy atom. The highest BCUT2D eigenvalue weighted by atomic mass is 32.2. The first-order valence-electron chi connectivity index (χ1n) is 7.64. The highest BCUT2D eigenvalue weighted by Gasteiger charge is 2.22. The van der Waals surface area contributed by atoms with Crippen LogP contribution in [0.2, 0.25) is 0 Å². The molecular formula is C21H18OS. The van der Waals surface area contributed by atoms with Crippen LogP contribution in [-0.4, -0.2) is 5.78 Å². The number of carbonyl (C=O) groups is 1. The summed E-state index contributed by atoms with van der Waals surface area (Å²) in [7, 11) is 0. The van der Waals surface area contributed by atoms with Crippen LogP contribution in [0, 0.1) is 0 Å².